The quantitative estimate of drug-likeness (QED) is 0.609. The maximum absolute atomic E-state index is 9.61. The van der Waals surface area contributed by atoms with E-state index in [1.54, 1.807) is 6.07 Å². The minimum Gasteiger partial charge on any atom is -0.364 e. The number of fused-ring (bicyclic) bond motifs is 2. The normalized spacial score (nSPS) is 19.8. The predicted octanol–water partition coefficient (Wildman–Crippen LogP) is 2.69. The highest BCUT2D eigenvalue weighted by molar-refractivity contribution is 6.36. The fourth-order valence-corrected chi connectivity index (χ4v) is 4.59. The Kier molecular flexibility index (Phi) is 4.32. The maximum atomic E-state index is 9.61. The van der Waals surface area contributed by atoms with Crippen molar-refractivity contribution in [3.05, 3.63) is 34.6 Å². The van der Waals surface area contributed by atoms with E-state index in [0.29, 0.717) is 45.6 Å². The van der Waals surface area contributed by atoms with Gasteiger partial charge in [0.2, 0.25) is 5.95 Å². The fraction of sp³-hybridized carbons (Fsp3) is 0.381. The average molecular weight is 447 g/mol. The van der Waals surface area contributed by atoms with E-state index in [2.05, 4.69) is 47.6 Å². The van der Waals surface area contributed by atoms with Crippen molar-refractivity contribution in [3.63, 3.8) is 0 Å². The van der Waals surface area contributed by atoms with Crippen molar-refractivity contribution in [1.82, 2.24) is 24.5 Å². The molecule has 2 aliphatic heterocycles. The number of nitrogens with zero attached hydrogens (tertiary/aromatic N) is 8. The third-order valence-corrected chi connectivity index (χ3v) is 6.61. The summed E-state index contributed by atoms with van der Waals surface area (Å²) >= 11 is 6.82. The SMILES string of the molecule is N#Cc1cc(Nc2nc(NC3CC3)c3ncc(C#N)n3n2)c(Cl)c(N2CCN3CCC32)c1. The average Bonchev–Trinajstić information content (AvgIpc) is 3.41. The molecule has 0 radical (unpaired) electrons. The van der Waals surface area contributed by atoms with Crippen LogP contribution in [0.15, 0.2) is 18.3 Å². The van der Waals surface area contributed by atoms with Gasteiger partial charge in [0.1, 0.15) is 6.07 Å². The Hall–Kier alpha value is -3.60. The molecule has 2 aromatic heterocycles. The van der Waals surface area contributed by atoms with Gasteiger partial charge in [-0.25, -0.2) is 4.98 Å². The van der Waals surface area contributed by atoms with Crippen LogP contribution in [0.2, 0.25) is 5.02 Å². The van der Waals surface area contributed by atoms with Crippen molar-refractivity contribution in [2.24, 2.45) is 0 Å². The van der Waals surface area contributed by atoms with Gasteiger partial charge < -0.3 is 15.5 Å². The number of aromatic nitrogens is 4. The van der Waals surface area contributed by atoms with Gasteiger partial charge in [-0.05, 0) is 31.4 Å². The number of nitriles is 2. The second-order valence-electron chi connectivity index (χ2n) is 8.29. The Morgan fingerprint density at radius 2 is 1.97 bits per heavy atom. The van der Waals surface area contributed by atoms with Crippen molar-refractivity contribution in [2.75, 3.05) is 35.2 Å². The van der Waals surface area contributed by atoms with E-state index in [1.165, 1.54) is 10.7 Å². The Morgan fingerprint density at radius 1 is 1.09 bits per heavy atom. The number of halogens is 1. The van der Waals surface area contributed by atoms with E-state index >= 15 is 0 Å². The van der Waals surface area contributed by atoms with Crippen LogP contribution in [0.4, 0.5) is 23.1 Å². The second-order valence-corrected chi connectivity index (χ2v) is 8.66. The number of nitrogens with one attached hydrogen (secondary N) is 2. The summed E-state index contributed by atoms with van der Waals surface area (Å²) < 4.78 is 1.47. The van der Waals surface area contributed by atoms with Gasteiger partial charge in [-0.1, -0.05) is 11.6 Å². The van der Waals surface area contributed by atoms with E-state index in [9.17, 15) is 10.5 Å². The smallest absolute Gasteiger partial charge is 0.247 e. The van der Waals surface area contributed by atoms with Crippen LogP contribution in [0.1, 0.15) is 30.5 Å². The predicted molar refractivity (Wildman–Crippen MR) is 119 cm³/mol. The summed E-state index contributed by atoms with van der Waals surface area (Å²) in [5.74, 6) is 0.828. The van der Waals surface area contributed by atoms with Crippen molar-refractivity contribution in [2.45, 2.75) is 31.5 Å². The lowest BCUT2D eigenvalue weighted by Gasteiger charge is -2.40. The van der Waals surface area contributed by atoms with Gasteiger partial charge in [0.15, 0.2) is 17.2 Å². The molecule has 3 aliphatic rings. The van der Waals surface area contributed by atoms with Crippen LogP contribution < -0.4 is 15.5 Å². The molecule has 32 heavy (non-hydrogen) atoms. The van der Waals surface area contributed by atoms with Gasteiger partial charge in [-0.3, -0.25) is 4.90 Å². The number of rotatable bonds is 5. The topological polar surface area (TPSA) is 121 Å². The van der Waals surface area contributed by atoms with Crippen molar-refractivity contribution < 1.29 is 0 Å². The molecule has 2 saturated heterocycles. The van der Waals surface area contributed by atoms with Crippen molar-refractivity contribution in [1.29, 1.82) is 10.5 Å². The molecule has 3 fully saturated rings. The van der Waals surface area contributed by atoms with Crippen LogP contribution in [-0.2, 0) is 0 Å². The molecule has 1 aromatic carbocycles. The Bertz CT molecular complexity index is 1310. The molecule has 0 amide bonds. The molecule has 3 aromatic rings. The lowest BCUT2D eigenvalue weighted by atomic mass is 10.1. The lowest BCUT2D eigenvalue weighted by Crippen LogP contribution is -2.49. The number of hydrogen-bond donors (Lipinski definition) is 2. The summed E-state index contributed by atoms with van der Waals surface area (Å²) in [6.45, 7) is 2.96. The van der Waals surface area contributed by atoms with Crippen molar-refractivity contribution in [3.8, 4) is 12.1 Å². The lowest BCUT2D eigenvalue weighted by molar-refractivity contribution is 0.142. The Balaban J connectivity index is 1.41. The molecule has 1 saturated carbocycles. The summed E-state index contributed by atoms with van der Waals surface area (Å²) in [5.41, 5.74) is 2.69. The molecule has 1 atom stereocenters. The first-order valence-electron chi connectivity index (χ1n) is 10.6. The minimum atomic E-state index is 0.268. The molecule has 1 unspecified atom stereocenters. The van der Waals surface area contributed by atoms with Gasteiger partial charge in [-0.2, -0.15) is 20.0 Å². The highest BCUT2D eigenvalue weighted by Gasteiger charge is 2.39. The van der Waals surface area contributed by atoms with E-state index in [-0.39, 0.29) is 5.95 Å². The maximum Gasteiger partial charge on any atom is 0.247 e. The van der Waals surface area contributed by atoms with E-state index in [0.717, 1.165) is 44.6 Å². The van der Waals surface area contributed by atoms with Crippen LogP contribution in [0.5, 0.6) is 0 Å². The second kappa shape index (κ2) is 7.23. The monoisotopic (exact) mass is 446 g/mol. The first-order chi connectivity index (χ1) is 15.6. The standard InChI is InChI=1S/C21H19ClN10/c22-18-15(7-12(9-23)8-16(18)31-6-5-30-4-3-17(30)31)27-21-28-19(26-13-1-2-13)20-25-11-14(10-24)32(20)29-21/h7-8,11,13,17H,1-6H2,(H2,26,27,28,29). The number of hydrogen-bond acceptors (Lipinski definition) is 9. The third kappa shape index (κ3) is 3.08. The molecule has 0 spiro atoms. The summed E-state index contributed by atoms with van der Waals surface area (Å²) in [6, 6.07) is 8.21. The van der Waals surface area contributed by atoms with Gasteiger partial charge in [0.05, 0.1) is 40.4 Å². The molecule has 0 bridgehead atoms. The van der Waals surface area contributed by atoms with Crippen molar-refractivity contribution >= 4 is 40.4 Å². The van der Waals surface area contributed by atoms with Crippen LogP contribution in [0, 0.1) is 22.7 Å². The molecule has 160 valence electrons. The number of imidazole rings is 1. The zero-order valence-electron chi connectivity index (χ0n) is 17.1. The molecule has 2 N–H and O–H groups in total. The summed E-state index contributed by atoms with van der Waals surface area (Å²) in [4.78, 5) is 13.5. The van der Waals surface area contributed by atoms with Gasteiger partial charge in [0, 0.05) is 25.7 Å². The highest BCUT2D eigenvalue weighted by Crippen LogP contribution is 2.40. The molecular weight excluding hydrogens is 428 g/mol. The molecule has 10 nitrogen and oxygen atoms in total. The largest absolute Gasteiger partial charge is 0.364 e. The van der Waals surface area contributed by atoms with E-state index < -0.39 is 0 Å². The molecule has 6 rings (SSSR count). The first-order valence-corrected chi connectivity index (χ1v) is 11.0. The number of anilines is 4. The molecular formula is C21H19ClN10. The summed E-state index contributed by atoms with van der Waals surface area (Å²) in [5, 5.41) is 30.5. The van der Waals surface area contributed by atoms with E-state index in [1.807, 2.05) is 6.07 Å². The summed E-state index contributed by atoms with van der Waals surface area (Å²) in [6.07, 6.45) is 5.03. The van der Waals surface area contributed by atoms with E-state index in [4.69, 9.17) is 11.6 Å². The minimum absolute atomic E-state index is 0.268. The van der Waals surface area contributed by atoms with Gasteiger partial charge in [-0.15, -0.1) is 5.10 Å². The zero-order chi connectivity index (χ0) is 21.8. The fourth-order valence-electron chi connectivity index (χ4n) is 4.33. The first kappa shape index (κ1) is 19.1. The Morgan fingerprint density at radius 3 is 2.66 bits per heavy atom. The van der Waals surface area contributed by atoms with Crippen LogP contribution >= 0.6 is 11.6 Å². The summed E-state index contributed by atoms with van der Waals surface area (Å²) in [7, 11) is 0. The highest BCUT2D eigenvalue weighted by atomic mass is 35.5. The zero-order valence-corrected chi connectivity index (χ0v) is 17.8. The molecule has 11 heteroatoms. The van der Waals surface area contributed by atoms with Crippen LogP contribution in [0.3, 0.4) is 0 Å². The number of benzene rings is 1. The van der Waals surface area contributed by atoms with Crippen LogP contribution in [0.25, 0.3) is 5.65 Å². The van der Waals surface area contributed by atoms with Gasteiger partial charge in [0.25, 0.3) is 0 Å². The van der Waals surface area contributed by atoms with Crippen LogP contribution in [-0.4, -0.2) is 56.3 Å². The Labute approximate surface area is 189 Å². The van der Waals surface area contributed by atoms with Gasteiger partial charge >= 0.3 is 0 Å². The molecule has 4 heterocycles. The third-order valence-electron chi connectivity index (χ3n) is 6.22. The molecule has 1 aliphatic carbocycles.